The highest BCUT2D eigenvalue weighted by atomic mass is 32.2. The van der Waals surface area contributed by atoms with Crippen molar-refractivity contribution in [2.45, 2.75) is 43.4 Å². The van der Waals surface area contributed by atoms with Crippen molar-refractivity contribution in [3.63, 3.8) is 0 Å². The van der Waals surface area contributed by atoms with Gasteiger partial charge in [0.15, 0.2) is 0 Å². The van der Waals surface area contributed by atoms with E-state index in [1.165, 1.54) is 42.2 Å². The predicted octanol–water partition coefficient (Wildman–Crippen LogP) is 3.36. The fourth-order valence-electron chi connectivity index (χ4n) is 3.16. The molecule has 0 aliphatic carbocycles. The van der Waals surface area contributed by atoms with Gasteiger partial charge in [0.1, 0.15) is 16.4 Å². The van der Waals surface area contributed by atoms with Crippen molar-refractivity contribution < 1.29 is 22.3 Å². The molecule has 1 aromatic carbocycles. The summed E-state index contributed by atoms with van der Waals surface area (Å²) in [4.78, 5) is 12.7. The van der Waals surface area contributed by atoms with E-state index in [9.17, 15) is 17.6 Å². The van der Waals surface area contributed by atoms with E-state index >= 15 is 0 Å². The Kier molecular flexibility index (Phi) is 7.56. The van der Waals surface area contributed by atoms with Crippen LogP contribution in [0, 0.1) is 12.7 Å². The molecule has 1 aromatic heterocycles. The van der Waals surface area contributed by atoms with Crippen LogP contribution in [0.3, 0.4) is 0 Å². The lowest BCUT2D eigenvalue weighted by molar-refractivity contribution is 0.101. The minimum Gasteiger partial charge on any atom is -0.380 e. The minimum absolute atomic E-state index is 0.0327. The summed E-state index contributed by atoms with van der Waals surface area (Å²) in [6.45, 7) is 5.24. The third-order valence-corrected chi connectivity index (χ3v) is 7.56. The molecule has 3 rings (SSSR count). The molecule has 1 unspecified atom stereocenters. The van der Waals surface area contributed by atoms with Crippen LogP contribution in [0.2, 0.25) is 0 Å². The van der Waals surface area contributed by atoms with Gasteiger partial charge in [0.25, 0.3) is 5.91 Å². The number of sulfonamides is 1. The third kappa shape index (κ3) is 5.63. The number of nitrogens with zero attached hydrogens (tertiary/aromatic N) is 1. The zero-order valence-corrected chi connectivity index (χ0v) is 18.6. The van der Waals surface area contributed by atoms with Crippen molar-refractivity contribution in [3.05, 3.63) is 47.5 Å². The number of hydrogen-bond acceptors (Lipinski definition) is 5. The largest absolute Gasteiger partial charge is 0.380 e. The Bertz CT molecular complexity index is 1000. The Morgan fingerprint density at radius 2 is 2.17 bits per heavy atom. The second kappa shape index (κ2) is 9.95. The molecule has 2 aromatic rings. The maximum Gasteiger partial charge on any atom is 0.272 e. The van der Waals surface area contributed by atoms with E-state index in [4.69, 9.17) is 4.74 Å². The summed E-state index contributed by atoms with van der Waals surface area (Å²) in [6.07, 6.45) is 3.43. The van der Waals surface area contributed by atoms with E-state index in [-0.39, 0.29) is 27.5 Å². The summed E-state index contributed by atoms with van der Waals surface area (Å²) >= 11 is 1.51. The van der Waals surface area contributed by atoms with Gasteiger partial charge in [-0.15, -0.1) is 11.8 Å². The number of ether oxygens (including phenoxy) is 1. The number of aryl methyl sites for hydroxylation is 2. The lowest BCUT2D eigenvalue weighted by Crippen LogP contribution is -2.27. The number of benzene rings is 1. The lowest BCUT2D eigenvalue weighted by Gasteiger charge is -2.21. The van der Waals surface area contributed by atoms with Crippen molar-refractivity contribution in [1.82, 2.24) is 9.29 Å². The molecule has 1 saturated heterocycles. The molecule has 30 heavy (non-hydrogen) atoms. The number of thioether (sulfide) groups is 1. The molecule has 164 valence electrons. The van der Waals surface area contributed by atoms with Crippen LogP contribution in [0.1, 0.15) is 35.8 Å². The summed E-state index contributed by atoms with van der Waals surface area (Å²) < 4.78 is 48.3. The second-order valence-corrected chi connectivity index (χ2v) is 10.1. The molecule has 10 heteroatoms. The van der Waals surface area contributed by atoms with Gasteiger partial charge in [-0.25, -0.2) is 17.5 Å². The number of anilines is 1. The summed E-state index contributed by atoms with van der Waals surface area (Å²) in [6, 6.07) is 5.62. The molecule has 0 spiro atoms. The van der Waals surface area contributed by atoms with Crippen LogP contribution in [0.25, 0.3) is 0 Å². The topological polar surface area (TPSA) is 89.4 Å². The zero-order chi connectivity index (χ0) is 21.7. The molecule has 0 bridgehead atoms. The smallest absolute Gasteiger partial charge is 0.272 e. The van der Waals surface area contributed by atoms with Gasteiger partial charge in [0, 0.05) is 30.3 Å². The molecule has 1 atom stereocenters. The van der Waals surface area contributed by atoms with Crippen LogP contribution in [0.5, 0.6) is 0 Å². The van der Waals surface area contributed by atoms with E-state index in [1.54, 1.807) is 11.5 Å². The van der Waals surface area contributed by atoms with Crippen LogP contribution >= 0.6 is 11.8 Å². The number of rotatable bonds is 8. The van der Waals surface area contributed by atoms with Gasteiger partial charge in [-0.1, -0.05) is 0 Å². The molecule has 2 heterocycles. The van der Waals surface area contributed by atoms with Crippen LogP contribution in [0.4, 0.5) is 10.1 Å². The fraction of sp³-hybridized carbons (Fsp3) is 0.450. The molecular weight excluding hydrogens is 429 g/mol. The van der Waals surface area contributed by atoms with E-state index < -0.39 is 15.9 Å². The standard InChI is InChI=1S/C20H26FN3O4S2/c1-3-24-11-17(30(26,27)22-13-29-16-5-4-8-28-12-16)10-19(24)20(25)23-15-6-7-18(21)14(2)9-15/h6-7,9-11,16,22H,3-5,8,12-13H2,1-2H3,(H,23,25). The van der Waals surface area contributed by atoms with Gasteiger partial charge in [0.2, 0.25) is 10.0 Å². The molecule has 1 aliphatic rings. The van der Waals surface area contributed by atoms with Crippen molar-refractivity contribution >= 4 is 33.4 Å². The molecule has 2 N–H and O–H groups in total. The number of amides is 1. The second-order valence-electron chi connectivity index (χ2n) is 7.06. The van der Waals surface area contributed by atoms with E-state index in [0.29, 0.717) is 24.4 Å². The number of aromatic nitrogens is 1. The molecule has 0 saturated carbocycles. The average Bonchev–Trinajstić information content (AvgIpc) is 3.17. The van der Waals surface area contributed by atoms with Gasteiger partial charge in [-0.05, 0) is 56.5 Å². The quantitative estimate of drug-likeness (QED) is 0.596. The van der Waals surface area contributed by atoms with E-state index in [1.807, 2.05) is 6.92 Å². The van der Waals surface area contributed by atoms with Crippen LogP contribution in [-0.2, 0) is 21.3 Å². The first-order valence-corrected chi connectivity index (χ1v) is 12.3. The highest BCUT2D eigenvalue weighted by Crippen LogP contribution is 2.22. The summed E-state index contributed by atoms with van der Waals surface area (Å²) in [7, 11) is -3.75. The van der Waals surface area contributed by atoms with E-state index in [0.717, 1.165) is 19.4 Å². The van der Waals surface area contributed by atoms with Gasteiger partial charge >= 0.3 is 0 Å². The minimum atomic E-state index is -3.75. The Hall–Kier alpha value is -1.88. The van der Waals surface area contributed by atoms with Gasteiger partial charge in [0.05, 0.1) is 12.5 Å². The maximum atomic E-state index is 13.4. The first kappa shape index (κ1) is 22.8. The van der Waals surface area contributed by atoms with Crippen molar-refractivity contribution in [3.8, 4) is 0 Å². The Morgan fingerprint density at radius 1 is 1.37 bits per heavy atom. The van der Waals surface area contributed by atoms with Gasteiger partial charge in [-0.3, -0.25) is 4.79 Å². The van der Waals surface area contributed by atoms with Gasteiger partial charge in [-0.2, -0.15) is 0 Å². The molecular formula is C20H26FN3O4S2. The van der Waals surface area contributed by atoms with Crippen molar-refractivity contribution in [2.24, 2.45) is 0 Å². The average molecular weight is 456 g/mol. The van der Waals surface area contributed by atoms with Crippen LogP contribution in [0.15, 0.2) is 35.4 Å². The van der Waals surface area contributed by atoms with Crippen molar-refractivity contribution in [1.29, 1.82) is 0 Å². The molecule has 0 radical (unpaired) electrons. The SMILES string of the molecule is CCn1cc(S(=O)(=O)NCSC2CCCOC2)cc1C(=O)Nc1ccc(F)c(C)c1. The molecule has 1 amide bonds. The monoisotopic (exact) mass is 455 g/mol. The Morgan fingerprint density at radius 3 is 2.83 bits per heavy atom. The number of nitrogens with one attached hydrogen (secondary N) is 2. The lowest BCUT2D eigenvalue weighted by atomic mass is 10.2. The molecule has 1 aliphatic heterocycles. The highest BCUT2D eigenvalue weighted by Gasteiger charge is 2.22. The Balaban J connectivity index is 1.68. The number of carbonyl (C=O) groups excluding carboxylic acids is 1. The molecule has 1 fully saturated rings. The number of halogens is 1. The third-order valence-electron chi connectivity index (χ3n) is 4.86. The first-order chi connectivity index (χ1) is 14.3. The molecule has 7 nitrogen and oxygen atoms in total. The fourth-order valence-corrected chi connectivity index (χ4v) is 5.51. The number of hydrogen-bond donors (Lipinski definition) is 2. The summed E-state index contributed by atoms with van der Waals surface area (Å²) in [5, 5.41) is 2.97. The van der Waals surface area contributed by atoms with E-state index in [2.05, 4.69) is 10.0 Å². The maximum absolute atomic E-state index is 13.4. The normalized spacial score (nSPS) is 17.1. The number of carbonyl (C=O) groups is 1. The zero-order valence-electron chi connectivity index (χ0n) is 17.0. The summed E-state index contributed by atoms with van der Waals surface area (Å²) in [5.74, 6) is -0.579. The van der Waals surface area contributed by atoms with Crippen LogP contribution in [-0.4, -0.2) is 43.2 Å². The van der Waals surface area contributed by atoms with Crippen LogP contribution < -0.4 is 10.0 Å². The first-order valence-electron chi connectivity index (χ1n) is 9.77. The highest BCUT2D eigenvalue weighted by molar-refractivity contribution is 8.00. The van der Waals surface area contributed by atoms with Crippen molar-refractivity contribution in [2.75, 3.05) is 24.4 Å². The Labute approximate surface area is 180 Å². The summed E-state index contributed by atoms with van der Waals surface area (Å²) in [5.41, 5.74) is 1.07. The predicted molar refractivity (Wildman–Crippen MR) is 116 cm³/mol. The van der Waals surface area contributed by atoms with Gasteiger partial charge < -0.3 is 14.6 Å².